The topological polar surface area (TPSA) is 84.0 Å². The summed E-state index contributed by atoms with van der Waals surface area (Å²) in [5.74, 6) is 1.24. The van der Waals surface area contributed by atoms with Gasteiger partial charge in [-0.1, -0.05) is 0 Å². The Kier molecular flexibility index (Phi) is 6.54. The molecule has 8 heteroatoms. The minimum atomic E-state index is -0.377. The van der Waals surface area contributed by atoms with Crippen LogP contribution in [-0.2, 0) is 6.54 Å². The summed E-state index contributed by atoms with van der Waals surface area (Å²) in [6, 6.07) is 9.46. The maximum atomic E-state index is 14.1. The fourth-order valence-electron chi connectivity index (χ4n) is 2.99. The van der Waals surface area contributed by atoms with Crippen molar-refractivity contribution in [2.24, 2.45) is 4.99 Å². The third kappa shape index (κ3) is 5.16. The van der Waals surface area contributed by atoms with E-state index in [9.17, 15) is 9.18 Å². The number of aliphatic imine (C=N–C) groups is 1. The van der Waals surface area contributed by atoms with E-state index < -0.39 is 0 Å². The van der Waals surface area contributed by atoms with Crippen LogP contribution in [0.3, 0.4) is 0 Å². The van der Waals surface area contributed by atoms with Crippen LogP contribution < -0.4 is 25.4 Å². The van der Waals surface area contributed by atoms with E-state index in [0.717, 1.165) is 12.1 Å². The Balaban J connectivity index is 1.70. The molecule has 2 aromatic carbocycles. The molecule has 29 heavy (non-hydrogen) atoms. The zero-order valence-electron chi connectivity index (χ0n) is 16.7. The number of carbonyl (C=O) groups excluding carboxylic acids is 1. The maximum Gasteiger partial charge on any atom is 0.251 e. The molecular weight excluding hydrogens is 375 g/mol. The highest BCUT2D eigenvalue weighted by molar-refractivity contribution is 5.94. The summed E-state index contributed by atoms with van der Waals surface area (Å²) in [5.41, 5.74) is 1.61. The fourth-order valence-corrected chi connectivity index (χ4v) is 2.99. The first-order valence-corrected chi connectivity index (χ1v) is 9.34. The van der Waals surface area contributed by atoms with Gasteiger partial charge in [-0.3, -0.25) is 9.79 Å². The van der Waals surface area contributed by atoms with Gasteiger partial charge in [-0.2, -0.15) is 0 Å². The Morgan fingerprint density at radius 1 is 1.21 bits per heavy atom. The summed E-state index contributed by atoms with van der Waals surface area (Å²) in [5, 5.41) is 9.03. The molecule has 1 amide bonds. The Labute approximate surface area is 169 Å². The van der Waals surface area contributed by atoms with E-state index in [1.54, 1.807) is 26.4 Å². The number of nitrogens with zero attached hydrogens (tertiary/aromatic N) is 1. The van der Waals surface area contributed by atoms with E-state index in [0.29, 0.717) is 35.1 Å². The number of hydrogen-bond donors (Lipinski definition) is 3. The average molecular weight is 400 g/mol. The van der Waals surface area contributed by atoms with Crippen LogP contribution in [0.25, 0.3) is 0 Å². The molecule has 1 atom stereocenters. The van der Waals surface area contributed by atoms with Crippen LogP contribution in [0.2, 0.25) is 0 Å². The van der Waals surface area contributed by atoms with Crippen molar-refractivity contribution in [2.75, 3.05) is 27.3 Å². The van der Waals surface area contributed by atoms with Crippen LogP contribution >= 0.6 is 0 Å². The summed E-state index contributed by atoms with van der Waals surface area (Å²) >= 11 is 0. The van der Waals surface area contributed by atoms with Gasteiger partial charge in [0, 0.05) is 30.3 Å². The summed E-state index contributed by atoms with van der Waals surface area (Å²) in [4.78, 5) is 16.9. The average Bonchev–Trinajstić information content (AvgIpc) is 3.26. The summed E-state index contributed by atoms with van der Waals surface area (Å²) in [6.45, 7) is 3.56. The van der Waals surface area contributed by atoms with Crippen LogP contribution in [0.4, 0.5) is 4.39 Å². The van der Waals surface area contributed by atoms with Gasteiger partial charge in [0.25, 0.3) is 5.91 Å². The maximum absolute atomic E-state index is 14.1. The van der Waals surface area contributed by atoms with Gasteiger partial charge in [-0.25, -0.2) is 4.39 Å². The molecule has 0 spiro atoms. The van der Waals surface area contributed by atoms with Gasteiger partial charge >= 0.3 is 0 Å². The first-order valence-electron chi connectivity index (χ1n) is 9.34. The van der Waals surface area contributed by atoms with Crippen LogP contribution in [0, 0.1) is 5.82 Å². The zero-order valence-corrected chi connectivity index (χ0v) is 16.7. The SMILES string of the molecule is COc1cc(OC)cc(C(C)NC(=O)c2ccc(F)c(CNC3=NCCN3)c2)c1. The molecule has 0 radical (unpaired) electrons. The molecule has 0 fully saturated rings. The van der Waals surface area contributed by atoms with Crippen LogP contribution in [0.5, 0.6) is 11.5 Å². The second-order valence-electron chi connectivity index (χ2n) is 6.66. The predicted molar refractivity (Wildman–Crippen MR) is 109 cm³/mol. The molecule has 0 saturated carbocycles. The number of halogens is 1. The van der Waals surface area contributed by atoms with E-state index in [4.69, 9.17) is 9.47 Å². The van der Waals surface area contributed by atoms with E-state index in [-0.39, 0.29) is 24.3 Å². The first-order chi connectivity index (χ1) is 14.0. The number of rotatable bonds is 7. The van der Waals surface area contributed by atoms with Gasteiger partial charge < -0.3 is 25.4 Å². The number of nitrogens with one attached hydrogen (secondary N) is 3. The molecule has 154 valence electrons. The quantitative estimate of drug-likeness (QED) is 0.665. The lowest BCUT2D eigenvalue weighted by molar-refractivity contribution is 0.0939. The highest BCUT2D eigenvalue weighted by Crippen LogP contribution is 2.26. The summed E-state index contributed by atoms with van der Waals surface area (Å²) in [7, 11) is 3.14. The Morgan fingerprint density at radius 2 is 1.93 bits per heavy atom. The van der Waals surface area contributed by atoms with Gasteiger partial charge in [0.15, 0.2) is 5.96 Å². The third-order valence-electron chi connectivity index (χ3n) is 4.65. The lowest BCUT2D eigenvalue weighted by Gasteiger charge is -2.17. The summed E-state index contributed by atoms with van der Waals surface area (Å²) < 4.78 is 24.7. The number of amides is 1. The molecule has 0 bridgehead atoms. The van der Waals surface area contributed by atoms with E-state index >= 15 is 0 Å². The van der Waals surface area contributed by atoms with Crippen molar-refractivity contribution in [1.82, 2.24) is 16.0 Å². The van der Waals surface area contributed by atoms with Crippen LogP contribution in [0.15, 0.2) is 41.4 Å². The molecule has 3 rings (SSSR count). The monoisotopic (exact) mass is 400 g/mol. The normalized spacial score (nSPS) is 13.9. The molecule has 0 aliphatic carbocycles. The molecule has 0 aromatic heterocycles. The van der Waals surface area contributed by atoms with Gasteiger partial charge in [0.05, 0.1) is 26.8 Å². The lowest BCUT2D eigenvalue weighted by atomic mass is 10.1. The lowest BCUT2D eigenvalue weighted by Crippen LogP contribution is -2.33. The fraction of sp³-hybridized carbons (Fsp3) is 0.333. The van der Waals surface area contributed by atoms with Crippen molar-refractivity contribution in [3.63, 3.8) is 0 Å². The van der Waals surface area contributed by atoms with Crippen LogP contribution in [0.1, 0.15) is 34.5 Å². The number of guanidine groups is 1. The standard InChI is InChI=1S/C21H25FN4O3/c1-13(15-9-17(28-2)11-18(10-15)29-3)26-20(27)14-4-5-19(22)16(8-14)12-25-21-23-6-7-24-21/h4-5,8-11,13H,6-7,12H2,1-3H3,(H,26,27)(H2,23,24,25). The number of methoxy groups -OCH3 is 2. The van der Waals surface area contributed by atoms with E-state index in [2.05, 4.69) is 20.9 Å². The Bertz CT molecular complexity index is 895. The van der Waals surface area contributed by atoms with E-state index in [1.165, 1.54) is 12.1 Å². The molecule has 1 aliphatic heterocycles. The van der Waals surface area contributed by atoms with Gasteiger partial charge in [0.1, 0.15) is 17.3 Å². The van der Waals surface area contributed by atoms with Crippen molar-refractivity contribution in [1.29, 1.82) is 0 Å². The second kappa shape index (κ2) is 9.27. The molecule has 2 aromatic rings. The largest absolute Gasteiger partial charge is 0.497 e. The summed E-state index contributed by atoms with van der Waals surface area (Å²) in [6.07, 6.45) is 0. The zero-order chi connectivity index (χ0) is 20.8. The number of hydrogen-bond acceptors (Lipinski definition) is 6. The van der Waals surface area contributed by atoms with Gasteiger partial charge in [-0.05, 0) is 42.8 Å². The number of benzene rings is 2. The second-order valence-corrected chi connectivity index (χ2v) is 6.66. The minimum Gasteiger partial charge on any atom is -0.497 e. The number of ether oxygens (including phenoxy) is 2. The molecule has 1 heterocycles. The third-order valence-corrected chi connectivity index (χ3v) is 4.65. The smallest absolute Gasteiger partial charge is 0.251 e. The highest BCUT2D eigenvalue weighted by atomic mass is 19.1. The molecule has 0 saturated heterocycles. The van der Waals surface area contributed by atoms with Crippen molar-refractivity contribution in [3.8, 4) is 11.5 Å². The van der Waals surface area contributed by atoms with Crippen LogP contribution in [-0.4, -0.2) is 39.2 Å². The molecule has 3 N–H and O–H groups in total. The van der Waals surface area contributed by atoms with Crippen molar-refractivity contribution >= 4 is 11.9 Å². The Morgan fingerprint density at radius 3 is 2.55 bits per heavy atom. The van der Waals surface area contributed by atoms with Gasteiger partial charge in [0.2, 0.25) is 0 Å². The highest BCUT2D eigenvalue weighted by Gasteiger charge is 2.16. The minimum absolute atomic E-state index is 0.238. The Hall–Kier alpha value is -3.29. The first kappa shape index (κ1) is 20.4. The predicted octanol–water partition coefficient (Wildman–Crippen LogP) is 2.38. The van der Waals surface area contributed by atoms with Crippen molar-refractivity contribution in [3.05, 3.63) is 58.9 Å². The molecular formula is C21H25FN4O3. The van der Waals surface area contributed by atoms with Gasteiger partial charge in [-0.15, -0.1) is 0 Å². The van der Waals surface area contributed by atoms with Crippen molar-refractivity contribution < 1.29 is 18.7 Å². The van der Waals surface area contributed by atoms with Crippen molar-refractivity contribution in [2.45, 2.75) is 19.5 Å². The molecule has 1 aliphatic rings. The van der Waals surface area contributed by atoms with E-state index in [1.807, 2.05) is 19.1 Å². The molecule has 1 unspecified atom stereocenters. The molecule has 7 nitrogen and oxygen atoms in total. The number of carbonyl (C=O) groups is 1.